The monoisotopic (exact) mass is 267 g/mol. The first-order valence-electron chi connectivity index (χ1n) is 6.52. The molecule has 0 aromatic rings. The molecule has 0 aliphatic carbocycles. The summed E-state index contributed by atoms with van der Waals surface area (Å²) in [5.74, 6) is -1.82. The average Bonchev–Trinajstić information content (AvgIpc) is 2.28. The first-order chi connectivity index (χ1) is 8.93. The number of allylic oxidation sites excluding steroid dienone is 2. The standard InChI is InChI=1S/C14H21NO4/c1-5-7-10-11(13(16)17)8(3)15-9(4)12(10)14(18)19-6-2/h10,15H,5-7H2,1-4H3,(H,16,17). The zero-order valence-electron chi connectivity index (χ0n) is 11.9. The fraction of sp³-hybridized carbons (Fsp3) is 0.571. The number of carboxylic acids is 1. The van der Waals surface area contributed by atoms with E-state index in [1.807, 2.05) is 6.92 Å². The van der Waals surface area contributed by atoms with Gasteiger partial charge in [-0.3, -0.25) is 0 Å². The van der Waals surface area contributed by atoms with Crippen molar-refractivity contribution >= 4 is 11.9 Å². The molecule has 0 radical (unpaired) electrons. The third kappa shape index (κ3) is 3.16. The predicted molar refractivity (Wildman–Crippen MR) is 71.2 cm³/mol. The number of esters is 1. The molecular formula is C14H21NO4. The average molecular weight is 267 g/mol. The summed E-state index contributed by atoms with van der Waals surface area (Å²) in [6.45, 7) is 7.47. The molecule has 0 saturated carbocycles. The van der Waals surface area contributed by atoms with Gasteiger partial charge >= 0.3 is 11.9 Å². The zero-order valence-corrected chi connectivity index (χ0v) is 11.9. The van der Waals surface area contributed by atoms with Crippen LogP contribution in [0.1, 0.15) is 40.5 Å². The lowest BCUT2D eigenvalue weighted by atomic mass is 9.82. The van der Waals surface area contributed by atoms with Gasteiger partial charge in [-0.2, -0.15) is 0 Å². The quantitative estimate of drug-likeness (QED) is 0.747. The maximum atomic E-state index is 12.0. The van der Waals surface area contributed by atoms with Gasteiger partial charge in [-0.15, -0.1) is 0 Å². The van der Waals surface area contributed by atoms with Gasteiger partial charge < -0.3 is 15.2 Å². The van der Waals surface area contributed by atoms with Crippen LogP contribution in [0.5, 0.6) is 0 Å². The largest absolute Gasteiger partial charge is 0.478 e. The van der Waals surface area contributed by atoms with Gasteiger partial charge in [-0.25, -0.2) is 9.59 Å². The lowest BCUT2D eigenvalue weighted by molar-refractivity contribution is -0.139. The van der Waals surface area contributed by atoms with Crippen molar-refractivity contribution in [3.8, 4) is 0 Å². The van der Waals surface area contributed by atoms with Crippen molar-refractivity contribution in [1.82, 2.24) is 5.32 Å². The van der Waals surface area contributed by atoms with Gasteiger partial charge in [0, 0.05) is 17.3 Å². The van der Waals surface area contributed by atoms with Gasteiger partial charge in [0.25, 0.3) is 0 Å². The minimum Gasteiger partial charge on any atom is -0.478 e. The van der Waals surface area contributed by atoms with Crippen LogP contribution in [0.2, 0.25) is 0 Å². The Labute approximate surface area is 113 Å². The second kappa shape index (κ2) is 6.41. The molecule has 0 saturated heterocycles. The normalized spacial score (nSPS) is 19.3. The molecule has 19 heavy (non-hydrogen) atoms. The van der Waals surface area contributed by atoms with Crippen LogP contribution in [-0.2, 0) is 14.3 Å². The summed E-state index contributed by atoms with van der Waals surface area (Å²) in [6.07, 6.45) is 1.41. The van der Waals surface area contributed by atoms with E-state index in [0.717, 1.165) is 6.42 Å². The zero-order chi connectivity index (χ0) is 14.6. The van der Waals surface area contributed by atoms with E-state index in [4.69, 9.17) is 4.74 Å². The van der Waals surface area contributed by atoms with Crippen LogP contribution < -0.4 is 5.32 Å². The number of carbonyl (C=O) groups excluding carboxylic acids is 1. The number of hydrogen-bond acceptors (Lipinski definition) is 4. The highest BCUT2D eigenvalue weighted by atomic mass is 16.5. The summed E-state index contributed by atoms with van der Waals surface area (Å²) in [4.78, 5) is 23.4. The maximum absolute atomic E-state index is 12.0. The Morgan fingerprint density at radius 2 is 1.79 bits per heavy atom. The molecule has 0 bridgehead atoms. The van der Waals surface area contributed by atoms with E-state index >= 15 is 0 Å². The first-order valence-corrected chi connectivity index (χ1v) is 6.52. The second-order valence-electron chi connectivity index (χ2n) is 4.57. The van der Waals surface area contributed by atoms with Gasteiger partial charge in [0.05, 0.1) is 17.8 Å². The number of hydrogen-bond donors (Lipinski definition) is 2. The topological polar surface area (TPSA) is 75.6 Å². The molecule has 1 heterocycles. The predicted octanol–water partition coefficient (Wildman–Crippen LogP) is 2.20. The second-order valence-corrected chi connectivity index (χ2v) is 4.57. The van der Waals surface area contributed by atoms with Crippen LogP contribution in [0.15, 0.2) is 22.5 Å². The van der Waals surface area contributed by atoms with Crippen LogP contribution in [-0.4, -0.2) is 23.7 Å². The number of carbonyl (C=O) groups is 2. The Bertz CT molecular complexity index is 448. The Kier molecular flexibility index (Phi) is 5.15. The van der Waals surface area contributed by atoms with Gasteiger partial charge in [0.2, 0.25) is 0 Å². The molecule has 1 rings (SSSR count). The highest BCUT2D eigenvalue weighted by Gasteiger charge is 2.35. The number of aliphatic carboxylic acids is 1. The Hall–Kier alpha value is -1.78. The summed E-state index contributed by atoms with van der Waals surface area (Å²) in [7, 11) is 0. The van der Waals surface area contributed by atoms with Crippen molar-refractivity contribution < 1.29 is 19.4 Å². The van der Waals surface area contributed by atoms with E-state index in [-0.39, 0.29) is 12.2 Å². The van der Waals surface area contributed by atoms with Crippen molar-refractivity contribution in [3.05, 3.63) is 22.5 Å². The number of nitrogens with one attached hydrogen (secondary N) is 1. The highest BCUT2D eigenvalue weighted by molar-refractivity contribution is 5.97. The van der Waals surface area contributed by atoms with Crippen molar-refractivity contribution in [3.63, 3.8) is 0 Å². The summed E-state index contributed by atoms with van der Waals surface area (Å²) in [5.41, 5.74) is 1.97. The molecule has 0 aromatic heterocycles. The van der Waals surface area contributed by atoms with E-state index in [1.165, 1.54) is 0 Å². The van der Waals surface area contributed by atoms with Crippen LogP contribution >= 0.6 is 0 Å². The van der Waals surface area contributed by atoms with E-state index in [9.17, 15) is 14.7 Å². The first kappa shape index (κ1) is 15.3. The van der Waals surface area contributed by atoms with Crippen LogP contribution in [0.25, 0.3) is 0 Å². The summed E-state index contributed by atoms with van der Waals surface area (Å²) in [5, 5.41) is 12.3. The fourth-order valence-electron chi connectivity index (χ4n) is 2.47. The van der Waals surface area contributed by atoms with Gasteiger partial charge in [0.1, 0.15) is 0 Å². The van der Waals surface area contributed by atoms with Crippen molar-refractivity contribution in [2.45, 2.75) is 40.5 Å². The minimum absolute atomic E-state index is 0.260. The van der Waals surface area contributed by atoms with E-state index in [2.05, 4.69) is 5.32 Å². The van der Waals surface area contributed by atoms with Crippen molar-refractivity contribution in [1.29, 1.82) is 0 Å². The fourth-order valence-corrected chi connectivity index (χ4v) is 2.47. The van der Waals surface area contributed by atoms with Crippen LogP contribution in [0.3, 0.4) is 0 Å². The molecule has 106 valence electrons. The molecule has 0 fully saturated rings. The molecule has 0 spiro atoms. The van der Waals surface area contributed by atoms with Crippen LogP contribution in [0, 0.1) is 5.92 Å². The molecule has 5 nitrogen and oxygen atoms in total. The number of carboxylic acid groups (broad SMARTS) is 1. The van der Waals surface area contributed by atoms with Gasteiger partial charge in [-0.05, 0) is 27.2 Å². The molecule has 1 atom stereocenters. The summed E-state index contributed by atoms with van der Waals surface area (Å²) in [6, 6.07) is 0. The SMILES string of the molecule is CCCC1C(C(=O)O)=C(C)NC(C)=C1C(=O)OCC. The Balaban J connectivity index is 3.23. The number of ether oxygens (including phenoxy) is 1. The van der Waals surface area contributed by atoms with Crippen molar-refractivity contribution in [2.24, 2.45) is 5.92 Å². The van der Waals surface area contributed by atoms with Gasteiger partial charge in [0.15, 0.2) is 0 Å². The maximum Gasteiger partial charge on any atom is 0.336 e. The summed E-state index contributed by atoms with van der Waals surface area (Å²) < 4.78 is 5.04. The molecule has 5 heteroatoms. The number of dihydropyridines is 1. The smallest absolute Gasteiger partial charge is 0.336 e. The lowest BCUT2D eigenvalue weighted by Crippen LogP contribution is -2.32. The van der Waals surface area contributed by atoms with Crippen molar-refractivity contribution in [2.75, 3.05) is 6.61 Å². The molecule has 1 aliphatic heterocycles. The van der Waals surface area contributed by atoms with Gasteiger partial charge in [-0.1, -0.05) is 13.3 Å². The lowest BCUT2D eigenvalue weighted by Gasteiger charge is -2.29. The molecule has 1 aliphatic rings. The van der Waals surface area contributed by atoms with E-state index < -0.39 is 17.9 Å². The molecule has 0 aromatic carbocycles. The molecule has 1 unspecified atom stereocenters. The molecule has 2 N–H and O–H groups in total. The summed E-state index contributed by atoms with van der Waals surface area (Å²) >= 11 is 0. The van der Waals surface area contributed by atoms with E-state index in [1.54, 1.807) is 20.8 Å². The number of rotatable bonds is 5. The minimum atomic E-state index is -0.988. The molecule has 0 amide bonds. The Morgan fingerprint density at radius 1 is 1.21 bits per heavy atom. The third-order valence-electron chi connectivity index (χ3n) is 3.18. The third-order valence-corrected chi connectivity index (χ3v) is 3.18. The Morgan fingerprint density at radius 3 is 2.26 bits per heavy atom. The molecular weight excluding hydrogens is 246 g/mol. The van der Waals surface area contributed by atoms with Crippen LogP contribution in [0.4, 0.5) is 0 Å². The highest BCUT2D eigenvalue weighted by Crippen LogP contribution is 2.33. The van der Waals surface area contributed by atoms with E-state index in [0.29, 0.717) is 23.4 Å².